The molecule has 20 heavy (non-hydrogen) atoms. The summed E-state index contributed by atoms with van der Waals surface area (Å²) in [6.45, 7) is 1.76. The molecule has 2 aromatic carbocycles. The van der Waals surface area contributed by atoms with Crippen LogP contribution in [-0.2, 0) is 10.0 Å². The van der Waals surface area contributed by atoms with E-state index in [1.807, 2.05) is 30.3 Å². The van der Waals surface area contributed by atoms with Crippen LogP contribution >= 0.6 is 11.6 Å². The first-order chi connectivity index (χ1) is 9.42. The lowest BCUT2D eigenvalue weighted by molar-refractivity contribution is 0.567. The molecular formula is C14H15ClN2O2S. The predicted octanol–water partition coefficient (Wildman–Crippen LogP) is 2.96. The number of nitrogen functional groups attached to an aromatic ring is 1. The Bertz CT molecular complexity index is 682. The third-order valence-corrected chi connectivity index (χ3v) is 4.98. The van der Waals surface area contributed by atoms with Gasteiger partial charge in [0.25, 0.3) is 0 Å². The van der Waals surface area contributed by atoms with Crippen molar-refractivity contribution < 1.29 is 8.42 Å². The molecule has 0 aromatic heterocycles. The summed E-state index contributed by atoms with van der Waals surface area (Å²) in [5, 5.41) is 0.109. The summed E-state index contributed by atoms with van der Waals surface area (Å²) in [7, 11) is -3.78. The second-order valence-corrected chi connectivity index (χ2v) is 6.47. The van der Waals surface area contributed by atoms with Crippen molar-refractivity contribution in [1.82, 2.24) is 4.72 Å². The van der Waals surface area contributed by atoms with E-state index in [1.165, 1.54) is 12.1 Å². The van der Waals surface area contributed by atoms with Crippen LogP contribution in [-0.4, -0.2) is 8.42 Å². The summed E-state index contributed by atoms with van der Waals surface area (Å²) in [5.41, 5.74) is 6.71. The average Bonchev–Trinajstić information content (AvgIpc) is 2.38. The van der Waals surface area contributed by atoms with Gasteiger partial charge in [-0.05, 0) is 24.6 Å². The molecule has 0 amide bonds. The van der Waals surface area contributed by atoms with E-state index in [1.54, 1.807) is 13.0 Å². The van der Waals surface area contributed by atoms with Crippen LogP contribution in [0.15, 0.2) is 53.4 Å². The first kappa shape index (κ1) is 14.8. The van der Waals surface area contributed by atoms with Gasteiger partial charge in [-0.3, -0.25) is 0 Å². The van der Waals surface area contributed by atoms with Gasteiger partial charge in [-0.2, -0.15) is 0 Å². The Balaban J connectivity index is 2.33. The Morgan fingerprint density at radius 3 is 2.35 bits per heavy atom. The van der Waals surface area contributed by atoms with Crippen LogP contribution in [0.1, 0.15) is 18.5 Å². The lowest BCUT2D eigenvalue weighted by atomic mass is 10.1. The van der Waals surface area contributed by atoms with Crippen molar-refractivity contribution in [2.75, 3.05) is 5.73 Å². The molecule has 6 heteroatoms. The number of hydrogen-bond donors (Lipinski definition) is 2. The molecule has 0 saturated heterocycles. The number of rotatable bonds is 4. The molecule has 0 heterocycles. The quantitative estimate of drug-likeness (QED) is 0.853. The molecule has 0 bridgehead atoms. The zero-order valence-electron chi connectivity index (χ0n) is 10.9. The van der Waals surface area contributed by atoms with Gasteiger partial charge in [-0.1, -0.05) is 48.0 Å². The van der Waals surface area contributed by atoms with Crippen LogP contribution < -0.4 is 10.5 Å². The van der Waals surface area contributed by atoms with Crippen LogP contribution in [0.3, 0.4) is 0 Å². The van der Waals surface area contributed by atoms with Crippen LogP contribution in [0.2, 0.25) is 5.02 Å². The average molecular weight is 311 g/mol. The summed E-state index contributed by atoms with van der Waals surface area (Å²) < 4.78 is 27.3. The van der Waals surface area contributed by atoms with E-state index >= 15 is 0 Å². The molecule has 0 unspecified atom stereocenters. The lowest BCUT2D eigenvalue weighted by Crippen LogP contribution is -2.27. The zero-order valence-corrected chi connectivity index (χ0v) is 12.4. The standard InChI is InChI=1S/C14H15ClN2O2S/c1-10(11-6-3-2-4-7-11)17-20(18,19)14-12(15)8-5-9-13(14)16/h2-10,17H,16H2,1H3/t10-/m0/s1. The van der Waals surface area contributed by atoms with Gasteiger partial charge in [0.2, 0.25) is 10.0 Å². The second kappa shape index (κ2) is 5.83. The molecule has 0 aliphatic heterocycles. The van der Waals surface area contributed by atoms with Crippen LogP contribution in [0.25, 0.3) is 0 Å². The van der Waals surface area contributed by atoms with Crippen molar-refractivity contribution in [2.45, 2.75) is 17.9 Å². The van der Waals surface area contributed by atoms with Crippen molar-refractivity contribution in [3.63, 3.8) is 0 Å². The van der Waals surface area contributed by atoms with Gasteiger partial charge >= 0.3 is 0 Å². The molecule has 0 radical (unpaired) electrons. The van der Waals surface area contributed by atoms with E-state index in [-0.39, 0.29) is 21.6 Å². The van der Waals surface area contributed by atoms with Crippen molar-refractivity contribution in [2.24, 2.45) is 0 Å². The summed E-state index contributed by atoms with van der Waals surface area (Å²) in [6.07, 6.45) is 0. The van der Waals surface area contributed by atoms with Crippen LogP contribution in [0.4, 0.5) is 5.69 Å². The predicted molar refractivity (Wildman–Crippen MR) is 81.0 cm³/mol. The summed E-state index contributed by atoms with van der Waals surface area (Å²) >= 11 is 5.94. The molecule has 106 valence electrons. The molecule has 4 nitrogen and oxygen atoms in total. The van der Waals surface area contributed by atoms with Gasteiger partial charge in [-0.15, -0.1) is 0 Å². The third kappa shape index (κ3) is 3.12. The zero-order chi connectivity index (χ0) is 14.8. The summed E-state index contributed by atoms with van der Waals surface area (Å²) in [6, 6.07) is 13.5. The van der Waals surface area contributed by atoms with Crippen molar-refractivity contribution >= 4 is 27.3 Å². The highest BCUT2D eigenvalue weighted by Crippen LogP contribution is 2.28. The van der Waals surface area contributed by atoms with E-state index < -0.39 is 10.0 Å². The minimum atomic E-state index is -3.78. The van der Waals surface area contributed by atoms with Gasteiger partial charge in [-0.25, -0.2) is 13.1 Å². The van der Waals surface area contributed by atoms with E-state index in [2.05, 4.69) is 4.72 Å². The Labute approximate surface area is 123 Å². The molecule has 0 saturated carbocycles. The molecule has 2 aromatic rings. The number of hydrogen-bond acceptors (Lipinski definition) is 3. The van der Waals surface area contributed by atoms with Gasteiger partial charge in [0.05, 0.1) is 10.7 Å². The van der Waals surface area contributed by atoms with Crippen LogP contribution in [0.5, 0.6) is 0 Å². The largest absolute Gasteiger partial charge is 0.398 e. The fourth-order valence-electron chi connectivity index (χ4n) is 1.91. The first-order valence-corrected chi connectivity index (χ1v) is 7.89. The van der Waals surface area contributed by atoms with Gasteiger partial charge in [0, 0.05) is 6.04 Å². The smallest absolute Gasteiger partial charge is 0.244 e. The first-order valence-electron chi connectivity index (χ1n) is 6.03. The number of nitrogens with two attached hydrogens (primary N) is 1. The summed E-state index contributed by atoms with van der Waals surface area (Å²) in [5.74, 6) is 0. The monoisotopic (exact) mass is 310 g/mol. The number of anilines is 1. The maximum atomic E-state index is 12.4. The lowest BCUT2D eigenvalue weighted by Gasteiger charge is -2.16. The minimum Gasteiger partial charge on any atom is -0.398 e. The Morgan fingerprint density at radius 1 is 1.10 bits per heavy atom. The second-order valence-electron chi connectivity index (χ2n) is 4.41. The maximum absolute atomic E-state index is 12.4. The number of sulfonamides is 1. The molecule has 2 rings (SSSR count). The van der Waals surface area contributed by atoms with Gasteiger partial charge in [0.1, 0.15) is 4.90 Å². The summed E-state index contributed by atoms with van der Waals surface area (Å²) in [4.78, 5) is -0.0792. The number of nitrogens with one attached hydrogen (secondary N) is 1. The highest BCUT2D eigenvalue weighted by atomic mass is 35.5. The highest BCUT2D eigenvalue weighted by Gasteiger charge is 2.23. The molecule has 0 spiro atoms. The fourth-order valence-corrected chi connectivity index (χ4v) is 3.82. The number of halogens is 1. The Hall–Kier alpha value is -1.56. The van der Waals surface area contributed by atoms with Crippen molar-refractivity contribution in [3.8, 4) is 0 Å². The Kier molecular flexibility index (Phi) is 4.32. The van der Waals surface area contributed by atoms with E-state index in [0.29, 0.717) is 0 Å². The topological polar surface area (TPSA) is 72.2 Å². The van der Waals surface area contributed by atoms with Crippen molar-refractivity contribution in [3.05, 3.63) is 59.1 Å². The SMILES string of the molecule is C[C@H](NS(=O)(=O)c1c(N)cccc1Cl)c1ccccc1. The van der Waals surface area contributed by atoms with E-state index in [4.69, 9.17) is 17.3 Å². The van der Waals surface area contributed by atoms with Gasteiger partial charge in [0.15, 0.2) is 0 Å². The third-order valence-electron chi connectivity index (χ3n) is 2.90. The maximum Gasteiger partial charge on any atom is 0.244 e. The molecule has 0 aliphatic rings. The highest BCUT2D eigenvalue weighted by molar-refractivity contribution is 7.89. The van der Waals surface area contributed by atoms with Crippen LogP contribution in [0, 0.1) is 0 Å². The molecule has 3 N–H and O–H groups in total. The van der Waals surface area contributed by atoms with Gasteiger partial charge < -0.3 is 5.73 Å². The van der Waals surface area contributed by atoms with E-state index in [0.717, 1.165) is 5.56 Å². The molecule has 1 atom stereocenters. The number of benzene rings is 2. The molecular weight excluding hydrogens is 296 g/mol. The minimum absolute atomic E-state index is 0.0792. The van der Waals surface area contributed by atoms with Crippen molar-refractivity contribution in [1.29, 1.82) is 0 Å². The molecule has 0 aliphatic carbocycles. The molecule has 0 fully saturated rings. The Morgan fingerprint density at radius 2 is 1.75 bits per heavy atom. The normalized spacial score (nSPS) is 13.1. The fraction of sp³-hybridized carbons (Fsp3) is 0.143. The van der Waals surface area contributed by atoms with E-state index in [9.17, 15) is 8.42 Å².